The largest absolute Gasteiger partial charge is 0.494 e. The van der Waals surface area contributed by atoms with Gasteiger partial charge in [-0.1, -0.05) is 0 Å². The van der Waals surface area contributed by atoms with E-state index in [1.54, 1.807) is 13.0 Å². The SMILES string of the molecule is COc1cc([N+](=O)[O-])ccc1NC(=S)Nc1ccc(OC(F)F)cc1C. The van der Waals surface area contributed by atoms with Gasteiger partial charge >= 0.3 is 6.61 Å². The topological polar surface area (TPSA) is 85.7 Å². The molecule has 0 radical (unpaired) electrons. The van der Waals surface area contributed by atoms with E-state index in [0.717, 1.165) is 0 Å². The molecule has 2 rings (SSSR count). The van der Waals surface area contributed by atoms with E-state index in [0.29, 0.717) is 16.9 Å². The monoisotopic (exact) mass is 383 g/mol. The molecule has 0 fully saturated rings. The Bertz CT molecular complexity index is 833. The van der Waals surface area contributed by atoms with E-state index >= 15 is 0 Å². The van der Waals surface area contributed by atoms with Gasteiger partial charge in [-0.25, -0.2) is 0 Å². The summed E-state index contributed by atoms with van der Waals surface area (Å²) in [7, 11) is 1.38. The van der Waals surface area contributed by atoms with Crippen molar-refractivity contribution in [2.45, 2.75) is 13.5 Å². The number of aryl methyl sites for hydroxylation is 1. The Morgan fingerprint density at radius 1 is 1.19 bits per heavy atom. The van der Waals surface area contributed by atoms with Crippen LogP contribution in [0.15, 0.2) is 36.4 Å². The molecule has 0 aliphatic carbocycles. The predicted molar refractivity (Wildman–Crippen MR) is 97.3 cm³/mol. The molecule has 2 N–H and O–H groups in total. The summed E-state index contributed by atoms with van der Waals surface area (Å²) < 4.78 is 33.9. The molecule has 0 saturated heterocycles. The highest BCUT2D eigenvalue weighted by Gasteiger charge is 2.13. The fraction of sp³-hybridized carbons (Fsp3) is 0.188. The Morgan fingerprint density at radius 2 is 1.85 bits per heavy atom. The third kappa shape index (κ3) is 4.99. The number of halogens is 2. The highest BCUT2D eigenvalue weighted by Crippen LogP contribution is 2.29. The molecule has 2 aromatic carbocycles. The molecule has 138 valence electrons. The number of anilines is 2. The first-order valence-electron chi connectivity index (χ1n) is 7.26. The van der Waals surface area contributed by atoms with Crippen LogP contribution in [0.3, 0.4) is 0 Å². The number of alkyl halides is 2. The summed E-state index contributed by atoms with van der Waals surface area (Å²) in [5.74, 6) is 0.291. The first kappa shape index (κ1) is 19.3. The van der Waals surface area contributed by atoms with Crippen molar-refractivity contribution in [3.05, 3.63) is 52.1 Å². The van der Waals surface area contributed by atoms with Crippen molar-refractivity contribution < 1.29 is 23.2 Å². The molecule has 26 heavy (non-hydrogen) atoms. The van der Waals surface area contributed by atoms with Crippen LogP contribution in [0.5, 0.6) is 11.5 Å². The number of nitrogens with zero attached hydrogens (tertiary/aromatic N) is 1. The summed E-state index contributed by atoms with van der Waals surface area (Å²) in [4.78, 5) is 10.3. The number of hydrogen-bond acceptors (Lipinski definition) is 5. The molecule has 10 heteroatoms. The molecule has 0 heterocycles. The zero-order chi connectivity index (χ0) is 19.3. The average Bonchev–Trinajstić information content (AvgIpc) is 2.57. The first-order chi connectivity index (χ1) is 12.3. The average molecular weight is 383 g/mol. The third-order valence-corrected chi connectivity index (χ3v) is 3.52. The summed E-state index contributed by atoms with van der Waals surface area (Å²) in [5, 5.41) is 16.8. The Kier molecular flexibility index (Phi) is 6.23. The van der Waals surface area contributed by atoms with E-state index in [1.807, 2.05) is 0 Å². The van der Waals surface area contributed by atoms with Crippen molar-refractivity contribution in [1.29, 1.82) is 0 Å². The number of nitro benzene ring substituents is 1. The van der Waals surface area contributed by atoms with Gasteiger partial charge in [0.1, 0.15) is 11.5 Å². The number of non-ortho nitro benzene ring substituents is 1. The van der Waals surface area contributed by atoms with Crippen molar-refractivity contribution in [3.8, 4) is 11.5 Å². The lowest BCUT2D eigenvalue weighted by Gasteiger charge is -2.15. The summed E-state index contributed by atoms with van der Waals surface area (Å²) in [6.07, 6.45) is 0. The maximum atomic E-state index is 12.2. The van der Waals surface area contributed by atoms with Crippen molar-refractivity contribution in [2.75, 3.05) is 17.7 Å². The van der Waals surface area contributed by atoms with Crippen molar-refractivity contribution >= 4 is 34.4 Å². The summed E-state index contributed by atoms with van der Waals surface area (Å²) in [6, 6.07) is 8.44. The predicted octanol–water partition coefficient (Wildman–Crippen LogP) is 4.32. The van der Waals surface area contributed by atoms with Crippen LogP contribution in [0.2, 0.25) is 0 Å². The minimum absolute atomic E-state index is 0.0407. The maximum Gasteiger partial charge on any atom is 0.387 e. The Hall–Kier alpha value is -3.01. The van der Waals surface area contributed by atoms with Crippen LogP contribution in [-0.2, 0) is 0 Å². The highest BCUT2D eigenvalue weighted by molar-refractivity contribution is 7.80. The van der Waals surface area contributed by atoms with Gasteiger partial charge in [-0.05, 0) is 49.0 Å². The Balaban J connectivity index is 2.10. The van der Waals surface area contributed by atoms with Gasteiger partial charge in [-0.15, -0.1) is 0 Å². The number of nitrogens with one attached hydrogen (secondary N) is 2. The molecule has 0 atom stereocenters. The van der Waals surface area contributed by atoms with E-state index in [4.69, 9.17) is 17.0 Å². The molecule has 0 aliphatic heterocycles. The number of ether oxygens (including phenoxy) is 2. The van der Waals surface area contributed by atoms with E-state index in [-0.39, 0.29) is 22.3 Å². The molecule has 0 bridgehead atoms. The van der Waals surface area contributed by atoms with E-state index in [9.17, 15) is 18.9 Å². The lowest BCUT2D eigenvalue weighted by atomic mass is 10.2. The number of benzene rings is 2. The molecule has 0 amide bonds. The summed E-state index contributed by atoms with van der Waals surface area (Å²) in [5.41, 5.74) is 1.55. The van der Waals surface area contributed by atoms with Crippen molar-refractivity contribution in [2.24, 2.45) is 0 Å². The summed E-state index contributed by atoms with van der Waals surface area (Å²) >= 11 is 5.21. The highest BCUT2D eigenvalue weighted by atomic mass is 32.1. The number of nitro groups is 1. The normalized spacial score (nSPS) is 10.3. The zero-order valence-corrected chi connectivity index (χ0v) is 14.6. The van der Waals surface area contributed by atoms with Gasteiger partial charge < -0.3 is 20.1 Å². The lowest BCUT2D eigenvalue weighted by molar-refractivity contribution is -0.384. The summed E-state index contributed by atoms with van der Waals surface area (Å²) in [6.45, 7) is -1.19. The van der Waals surface area contributed by atoms with Gasteiger partial charge in [0, 0.05) is 11.8 Å². The number of thiocarbonyl (C=S) groups is 1. The minimum atomic E-state index is -2.90. The molecule has 0 saturated carbocycles. The molecular formula is C16H15F2N3O4S. The second kappa shape index (κ2) is 8.39. The van der Waals surface area contributed by atoms with Crippen LogP contribution < -0.4 is 20.1 Å². The zero-order valence-electron chi connectivity index (χ0n) is 13.8. The number of hydrogen-bond donors (Lipinski definition) is 2. The van der Waals surface area contributed by atoms with Crippen LogP contribution in [0.25, 0.3) is 0 Å². The van der Waals surface area contributed by atoms with Gasteiger partial charge in [-0.3, -0.25) is 10.1 Å². The molecule has 0 unspecified atom stereocenters. The van der Waals surface area contributed by atoms with Crippen LogP contribution in [0.1, 0.15) is 5.56 Å². The second-order valence-corrected chi connectivity index (χ2v) is 5.48. The fourth-order valence-corrected chi connectivity index (χ4v) is 2.35. The smallest absolute Gasteiger partial charge is 0.387 e. The number of rotatable bonds is 6. The van der Waals surface area contributed by atoms with Gasteiger partial charge in [0.25, 0.3) is 5.69 Å². The van der Waals surface area contributed by atoms with Crippen LogP contribution in [0.4, 0.5) is 25.8 Å². The van der Waals surface area contributed by atoms with E-state index in [1.165, 1.54) is 37.4 Å². The van der Waals surface area contributed by atoms with Gasteiger partial charge in [-0.2, -0.15) is 8.78 Å². The molecule has 2 aromatic rings. The Morgan fingerprint density at radius 3 is 2.42 bits per heavy atom. The molecule has 0 aromatic heterocycles. The molecule has 0 aliphatic rings. The number of methoxy groups -OCH3 is 1. The van der Waals surface area contributed by atoms with E-state index in [2.05, 4.69) is 15.4 Å². The van der Waals surface area contributed by atoms with Crippen molar-refractivity contribution in [3.63, 3.8) is 0 Å². The van der Waals surface area contributed by atoms with Gasteiger partial charge in [0.2, 0.25) is 0 Å². The van der Waals surface area contributed by atoms with Crippen LogP contribution in [-0.4, -0.2) is 23.8 Å². The van der Waals surface area contributed by atoms with Crippen LogP contribution >= 0.6 is 12.2 Å². The van der Waals surface area contributed by atoms with Gasteiger partial charge in [0.15, 0.2) is 5.11 Å². The molecular weight excluding hydrogens is 368 g/mol. The maximum absolute atomic E-state index is 12.2. The first-order valence-corrected chi connectivity index (χ1v) is 7.67. The third-order valence-electron chi connectivity index (χ3n) is 3.32. The fourth-order valence-electron chi connectivity index (χ4n) is 2.13. The van der Waals surface area contributed by atoms with E-state index < -0.39 is 11.5 Å². The lowest BCUT2D eigenvalue weighted by Crippen LogP contribution is -2.20. The van der Waals surface area contributed by atoms with Gasteiger partial charge in [0.05, 0.1) is 23.8 Å². The van der Waals surface area contributed by atoms with Crippen LogP contribution in [0, 0.1) is 17.0 Å². The quantitative estimate of drug-likeness (QED) is 0.436. The molecule has 0 spiro atoms. The molecule has 7 nitrogen and oxygen atoms in total. The minimum Gasteiger partial charge on any atom is -0.494 e. The standard InChI is InChI=1S/C16H15F2N3O4S/c1-9-7-11(25-15(17)18)4-6-12(9)19-16(26)20-13-5-3-10(21(22)23)8-14(13)24-2/h3-8,15H,1-2H3,(H2,19,20,26). The second-order valence-electron chi connectivity index (χ2n) is 5.08. The van der Waals surface area contributed by atoms with Crippen molar-refractivity contribution in [1.82, 2.24) is 0 Å². The Labute approximate surface area is 153 Å².